The molecule has 1 unspecified atom stereocenters. The Balaban J connectivity index is 1.87. The Morgan fingerprint density at radius 3 is 3.19 bits per heavy atom. The Morgan fingerprint density at radius 1 is 1.75 bits per heavy atom. The number of rotatable bonds is 3. The summed E-state index contributed by atoms with van der Waals surface area (Å²) in [5, 5.41) is 1.10. The van der Waals surface area contributed by atoms with E-state index < -0.39 is 0 Å². The van der Waals surface area contributed by atoms with Gasteiger partial charge in [0.2, 0.25) is 0 Å². The molecule has 1 aromatic rings. The van der Waals surface area contributed by atoms with Crippen molar-refractivity contribution in [2.45, 2.75) is 19.9 Å². The molecule has 1 saturated heterocycles. The molecule has 1 aliphatic heterocycles. The molecule has 1 fully saturated rings. The maximum Gasteiger partial charge on any atom is 0.310 e. The fraction of sp³-hybridized carbons (Fsp3) is 0.636. The first-order valence-electron chi connectivity index (χ1n) is 5.40. The summed E-state index contributed by atoms with van der Waals surface area (Å²) in [7, 11) is 1.46. The van der Waals surface area contributed by atoms with Crippen molar-refractivity contribution in [1.29, 1.82) is 0 Å². The largest absolute Gasteiger partial charge is 0.469 e. The molecular formula is C11H16N2O2S. The zero-order chi connectivity index (χ0) is 11.5. The van der Waals surface area contributed by atoms with Gasteiger partial charge in [0.25, 0.3) is 0 Å². The number of methoxy groups -OCH3 is 1. The molecule has 0 N–H and O–H groups in total. The lowest BCUT2D eigenvalue weighted by Crippen LogP contribution is -2.23. The highest BCUT2D eigenvalue weighted by molar-refractivity contribution is 7.11. The zero-order valence-electron chi connectivity index (χ0n) is 9.60. The van der Waals surface area contributed by atoms with Crippen LogP contribution in [-0.2, 0) is 16.1 Å². The maximum atomic E-state index is 11.4. The van der Waals surface area contributed by atoms with Gasteiger partial charge in [0.15, 0.2) is 0 Å². The molecule has 0 bridgehead atoms. The van der Waals surface area contributed by atoms with Gasteiger partial charge in [-0.2, -0.15) is 0 Å². The van der Waals surface area contributed by atoms with Crippen LogP contribution in [0.4, 0.5) is 0 Å². The summed E-state index contributed by atoms with van der Waals surface area (Å²) in [6, 6.07) is 0. The molecule has 0 saturated carbocycles. The van der Waals surface area contributed by atoms with Crippen molar-refractivity contribution in [2.24, 2.45) is 5.92 Å². The van der Waals surface area contributed by atoms with Crippen LogP contribution in [0.15, 0.2) is 6.20 Å². The average molecular weight is 240 g/mol. The highest BCUT2D eigenvalue weighted by atomic mass is 32.1. The van der Waals surface area contributed by atoms with E-state index in [0.717, 1.165) is 31.1 Å². The summed E-state index contributed by atoms with van der Waals surface area (Å²) in [5.41, 5.74) is 0. The SMILES string of the molecule is COC(=O)C1CCN(Cc2cnc(C)s2)C1. The summed E-state index contributed by atoms with van der Waals surface area (Å²) in [4.78, 5) is 19.1. The van der Waals surface area contributed by atoms with Gasteiger partial charge < -0.3 is 4.74 Å². The van der Waals surface area contributed by atoms with E-state index in [-0.39, 0.29) is 11.9 Å². The summed E-state index contributed by atoms with van der Waals surface area (Å²) in [6.07, 6.45) is 2.83. The minimum atomic E-state index is -0.0806. The Morgan fingerprint density at radius 2 is 2.56 bits per heavy atom. The van der Waals surface area contributed by atoms with Gasteiger partial charge in [-0.25, -0.2) is 4.98 Å². The lowest BCUT2D eigenvalue weighted by Gasteiger charge is -2.13. The van der Waals surface area contributed by atoms with Crippen molar-refractivity contribution in [3.8, 4) is 0 Å². The van der Waals surface area contributed by atoms with Crippen LogP contribution in [0.1, 0.15) is 16.3 Å². The number of carbonyl (C=O) groups excluding carboxylic acids is 1. The number of nitrogens with zero attached hydrogens (tertiary/aromatic N) is 2. The minimum Gasteiger partial charge on any atom is -0.469 e. The molecule has 4 nitrogen and oxygen atoms in total. The predicted octanol–water partition coefficient (Wildman–Crippen LogP) is 1.45. The molecule has 1 aromatic heterocycles. The molecular weight excluding hydrogens is 224 g/mol. The van der Waals surface area contributed by atoms with Gasteiger partial charge in [-0.3, -0.25) is 9.69 Å². The first kappa shape index (κ1) is 11.5. The second kappa shape index (κ2) is 4.93. The lowest BCUT2D eigenvalue weighted by atomic mass is 10.1. The van der Waals surface area contributed by atoms with Crippen LogP contribution in [-0.4, -0.2) is 36.1 Å². The van der Waals surface area contributed by atoms with Crippen molar-refractivity contribution < 1.29 is 9.53 Å². The fourth-order valence-corrected chi connectivity index (χ4v) is 2.87. The van der Waals surface area contributed by atoms with Crippen LogP contribution in [0, 0.1) is 12.8 Å². The van der Waals surface area contributed by atoms with Crippen LogP contribution in [0.2, 0.25) is 0 Å². The van der Waals surface area contributed by atoms with Gasteiger partial charge in [-0.15, -0.1) is 11.3 Å². The molecule has 88 valence electrons. The summed E-state index contributed by atoms with van der Waals surface area (Å²) < 4.78 is 4.76. The fourth-order valence-electron chi connectivity index (χ4n) is 2.03. The van der Waals surface area contributed by atoms with E-state index in [0.29, 0.717) is 0 Å². The van der Waals surface area contributed by atoms with E-state index in [2.05, 4.69) is 9.88 Å². The van der Waals surface area contributed by atoms with Gasteiger partial charge in [0.05, 0.1) is 18.0 Å². The smallest absolute Gasteiger partial charge is 0.310 e. The number of thiazole rings is 1. The maximum absolute atomic E-state index is 11.4. The molecule has 1 atom stereocenters. The summed E-state index contributed by atoms with van der Waals surface area (Å²) in [5.74, 6) is -0.0259. The Kier molecular flexibility index (Phi) is 3.56. The van der Waals surface area contributed by atoms with E-state index >= 15 is 0 Å². The average Bonchev–Trinajstić information content (AvgIpc) is 2.87. The lowest BCUT2D eigenvalue weighted by molar-refractivity contribution is -0.144. The summed E-state index contributed by atoms with van der Waals surface area (Å²) in [6.45, 7) is 4.69. The second-order valence-electron chi connectivity index (χ2n) is 4.09. The normalized spacial score (nSPS) is 21.2. The highest BCUT2D eigenvalue weighted by Crippen LogP contribution is 2.21. The number of carbonyl (C=O) groups is 1. The number of esters is 1. The third-order valence-electron chi connectivity index (χ3n) is 2.86. The molecule has 2 heterocycles. The second-order valence-corrected chi connectivity index (χ2v) is 5.41. The quantitative estimate of drug-likeness (QED) is 0.750. The van der Waals surface area contributed by atoms with Gasteiger partial charge in [-0.1, -0.05) is 0 Å². The summed E-state index contributed by atoms with van der Waals surface area (Å²) >= 11 is 1.72. The number of hydrogen-bond acceptors (Lipinski definition) is 5. The van der Waals surface area contributed by atoms with Crippen LogP contribution in [0.25, 0.3) is 0 Å². The van der Waals surface area contributed by atoms with Crippen molar-refractivity contribution in [1.82, 2.24) is 9.88 Å². The van der Waals surface area contributed by atoms with Gasteiger partial charge in [0.1, 0.15) is 0 Å². The zero-order valence-corrected chi connectivity index (χ0v) is 10.4. The Bertz CT molecular complexity index is 378. The van der Waals surface area contributed by atoms with Crippen molar-refractivity contribution in [3.05, 3.63) is 16.1 Å². The van der Waals surface area contributed by atoms with E-state index in [4.69, 9.17) is 4.74 Å². The minimum absolute atomic E-state index is 0.0546. The van der Waals surface area contributed by atoms with Gasteiger partial charge in [-0.05, 0) is 19.9 Å². The number of likely N-dealkylation sites (tertiary alicyclic amines) is 1. The number of aromatic nitrogens is 1. The Hall–Kier alpha value is -0.940. The molecule has 5 heteroatoms. The van der Waals surface area contributed by atoms with Gasteiger partial charge in [0, 0.05) is 24.2 Å². The molecule has 16 heavy (non-hydrogen) atoms. The number of ether oxygens (including phenoxy) is 1. The standard InChI is InChI=1S/C11H16N2O2S/c1-8-12-5-10(16-8)7-13-4-3-9(6-13)11(14)15-2/h5,9H,3-4,6-7H2,1-2H3. The topological polar surface area (TPSA) is 42.4 Å². The third-order valence-corrected chi connectivity index (χ3v) is 3.75. The molecule has 0 amide bonds. The predicted molar refractivity (Wildman–Crippen MR) is 62.3 cm³/mol. The number of hydrogen-bond donors (Lipinski definition) is 0. The first-order valence-corrected chi connectivity index (χ1v) is 6.22. The first-order chi connectivity index (χ1) is 7.69. The van der Waals surface area contributed by atoms with E-state index in [9.17, 15) is 4.79 Å². The van der Waals surface area contributed by atoms with Crippen molar-refractivity contribution in [3.63, 3.8) is 0 Å². The van der Waals surface area contributed by atoms with E-state index in [1.54, 1.807) is 11.3 Å². The van der Waals surface area contributed by atoms with Crippen molar-refractivity contribution in [2.75, 3.05) is 20.2 Å². The molecule has 0 aromatic carbocycles. The van der Waals surface area contributed by atoms with Crippen LogP contribution >= 0.6 is 11.3 Å². The Labute approximate surface area is 99.2 Å². The molecule has 0 radical (unpaired) electrons. The van der Waals surface area contributed by atoms with E-state index in [1.807, 2.05) is 13.1 Å². The highest BCUT2D eigenvalue weighted by Gasteiger charge is 2.28. The van der Waals surface area contributed by atoms with Crippen molar-refractivity contribution >= 4 is 17.3 Å². The number of aryl methyl sites for hydroxylation is 1. The van der Waals surface area contributed by atoms with Gasteiger partial charge >= 0.3 is 5.97 Å². The molecule has 2 rings (SSSR count). The van der Waals surface area contributed by atoms with Crippen LogP contribution in [0.5, 0.6) is 0 Å². The molecule has 1 aliphatic rings. The molecule has 0 aliphatic carbocycles. The monoisotopic (exact) mass is 240 g/mol. The van der Waals surface area contributed by atoms with Crippen LogP contribution in [0.3, 0.4) is 0 Å². The van der Waals surface area contributed by atoms with Crippen LogP contribution < -0.4 is 0 Å². The van der Waals surface area contributed by atoms with E-state index in [1.165, 1.54) is 12.0 Å². The third kappa shape index (κ3) is 2.59. The molecule has 0 spiro atoms.